The largest absolute Gasteiger partial charge is 0.350 e. The molecule has 0 radical (unpaired) electrons. The summed E-state index contributed by atoms with van der Waals surface area (Å²) in [4.78, 5) is 12.1. The van der Waals surface area contributed by atoms with Gasteiger partial charge >= 0.3 is 0 Å². The molecule has 116 valence electrons. The third-order valence-electron chi connectivity index (χ3n) is 4.38. The predicted molar refractivity (Wildman–Crippen MR) is 86.5 cm³/mol. The first-order valence-electron chi connectivity index (χ1n) is 8.11. The number of nitrogens with one attached hydrogen (secondary N) is 1. The van der Waals surface area contributed by atoms with Crippen LogP contribution in [0, 0.1) is 0 Å². The molecule has 0 saturated carbocycles. The van der Waals surface area contributed by atoms with Crippen molar-refractivity contribution in [3.05, 3.63) is 53.3 Å². The summed E-state index contributed by atoms with van der Waals surface area (Å²) in [6, 6.07) is 8.58. The molecule has 0 bridgehead atoms. The van der Waals surface area contributed by atoms with E-state index in [1.54, 1.807) is 10.9 Å². The van der Waals surface area contributed by atoms with E-state index < -0.39 is 0 Å². The van der Waals surface area contributed by atoms with E-state index in [4.69, 9.17) is 0 Å². The number of fused-ring (bicyclic) bond motifs is 1. The third-order valence-corrected chi connectivity index (χ3v) is 4.38. The van der Waals surface area contributed by atoms with Gasteiger partial charge in [0, 0.05) is 25.4 Å². The fourth-order valence-corrected chi connectivity index (χ4v) is 3.07. The van der Waals surface area contributed by atoms with Crippen LogP contribution in [0.25, 0.3) is 0 Å². The van der Waals surface area contributed by atoms with Gasteiger partial charge in [-0.15, -0.1) is 0 Å². The van der Waals surface area contributed by atoms with Gasteiger partial charge in [0.25, 0.3) is 0 Å². The lowest BCUT2D eigenvalue weighted by Crippen LogP contribution is -2.27. The molecular weight excluding hydrogens is 274 g/mol. The van der Waals surface area contributed by atoms with Crippen LogP contribution in [0.3, 0.4) is 0 Å². The molecule has 2 aromatic rings. The van der Waals surface area contributed by atoms with Gasteiger partial charge in [-0.3, -0.25) is 9.48 Å². The zero-order chi connectivity index (χ0) is 15.4. The van der Waals surface area contributed by atoms with Gasteiger partial charge in [0.15, 0.2) is 0 Å². The second kappa shape index (κ2) is 6.77. The number of nitrogens with zero attached hydrogens (tertiary/aromatic N) is 2. The van der Waals surface area contributed by atoms with E-state index in [0.29, 0.717) is 13.0 Å². The molecule has 1 atom stereocenters. The van der Waals surface area contributed by atoms with E-state index in [1.165, 1.54) is 42.4 Å². The summed E-state index contributed by atoms with van der Waals surface area (Å²) < 4.78 is 1.78. The van der Waals surface area contributed by atoms with Crippen molar-refractivity contribution in [2.45, 2.75) is 51.6 Å². The Kier molecular flexibility index (Phi) is 4.56. The number of benzene rings is 1. The van der Waals surface area contributed by atoms with Gasteiger partial charge in [-0.05, 0) is 55.4 Å². The van der Waals surface area contributed by atoms with E-state index in [0.717, 1.165) is 0 Å². The zero-order valence-electron chi connectivity index (χ0n) is 13.1. The quantitative estimate of drug-likeness (QED) is 0.922. The van der Waals surface area contributed by atoms with Gasteiger partial charge < -0.3 is 5.32 Å². The fourth-order valence-electron chi connectivity index (χ4n) is 3.07. The molecular formula is C18H23N3O. The Balaban J connectivity index is 1.56. The molecule has 1 amide bonds. The van der Waals surface area contributed by atoms with Crippen molar-refractivity contribution in [3.8, 4) is 0 Å². The molecule has 4 heteroatoms. The third kappa shape index (κ3) is 3.56. The molecule has 1 N–H and O–H groups in total. The molecule has 0 fully saturated rings. The highest BCUT2D eigenvalue weighted by Gasteiger charge is 2.14. The Morgan fingerprint density at radius 2 is 2.14 bits per heavy atom. The summed E-state index contributed by atoms with van der Waals surface area (Å²) in [6.07, 6.45) is 9.00. The minimum Gasteiger partial charge on any atom is -0.350 e. The summed E-state index contributed by atoms with van der Waals surface area (Å²) >= 11 is 0. The maximum Gasteiger partial charge on any atom is 0.222 e. The molecule has 1 aliphatic carbocycles. The first-order chi connectivity index (χ1) is 10.7. The summed E-state index contributed by atoms with van der Waals surface area (Å²) in [5.41, 5.74) is 4.14. The van der Waals surface area contributed by atoms with E-state index in [9.17, 15) is 4.79 Å². The monoisotopic (exact) mass is 297 g/mol. The van der Waals surface area contributed by atoms with Crippen molar-refractivity contribution in [2.24, 2.45) is 0 Å². The van der Waals surface area contributed by atoms with Crippen LogP contribution in [-0.4, -0.2) is 15.7 Å². The zero-order valence-corrected chi connectivity index (χ0v) is 13.1. The molecule has 4 nitrogen and oxygen atoms in total. The van der Waals surface area contributed by atoms with Crippen LogP contribution in [0.2, 0.25) is 0 Å². The Labute approximate surface area is 131 Å². The second-order valence-corrected chi connectivity index (χ2v) is 6.04. The van der Waals surface area contributed by atoms with Crippen LogP contribution in [0.4, 0.5) is 0 Å². The first-order valence-corrected chi connectivity index (χ1v) is 8.11. The van der Waals surface area contributed by atoms with Crippen molar-refractivity contribution < 1.29 is 4.79 Å². The number of hydrogen-bond donors (Lipinski definition) is 1. The van der Waals surface area contributed by atoms with Crippen LogP contribution in [0.1, 0.15) is 48.9 Å². The lowest BCUT2D eigenvalue weighted by molar-refractivity contribution is -0.122. The van der Waals surface area contributed by atoms with Crippen molar-refractivity contribution in [1.29, 1.82) is 0 Å². The lowest BCUT2D eigenvalue weighted by atomic mass is 9.89. The highest BCUT2D eigenvalue weighted by atomic mass is 16.1. The van der Waals surface area contributed by atoms with E-state index in [1.807, 2.05) is 12.3 Å². The summed E-state index contributed by atoms with van der Waals surface area (Å²) in [5.74, 6) is 0.0701. The first kappa shape index (κ1) is 14.8. The Hall–Kier alpha value is -2.10. The van der Waals surface area contributed by atoms with Crippen LogP contribution in [0.15, 0.2) is 36.7 Å². The molecule has 1 aromatic heterocycles. The van der Waals surface area contributed by atoms with Crippen LogP contribution in [0.5, 0.6) is 0 Å². The van der Waals surface area contributed by atoms with E-state index in [2.05, 4.69) is 35.5 Å². The molecule has 0 aliphatic heterocycles. The van der Waals surface area contributed by atoms with Gasteiger partial charge in [-0.2, -0.15) is 5.10 Å². The SMILES string of the molecule is C[C@@H](NC(=O)CCn1cccn1)c1ccc2c(c1)CCCC2. The summed E-state index contributed by atoms with van der Waals surface area (Å²) in [5, 5.41) is 7.20. The Morgan fingerprint density at radius 1 is 1.32 bits per heavy atom. The maximum absolute atomic E-state index is 12.1. The highest BCUT2D eigenvalue weighted by Crippen LogP contribution is 2.24. The Morgan fingerprint density at radius 3 is 2.91 bits per heavy atom. The van der Waals surface area contributed by atoms with Gasteiger partial charge in [-0.1, -0.05) is 18.2 Å². The molecule has 0 spiro atoms. The number of carbonyl (C=O) groups is 1. The average molecular weight is 297 g/mol. The van der Waals surface area contributed by atoms with Crippen molar-refractivity contribution >= 4 is 5.91 Å². The number of amides is 1. The van der Waals surface area contributed by atoms with E-state index in [-0.39, 0.29) is 11.9 Å². The number of rotatable bonds is 5. The summed E-state index contributed by atoms with van der Waals surface area (Å²) in [7, 11) is 0. The minimum atomic E-state index is 0.0531. The van der Waals surface area contributed by atoms with Gasteiger partial charge in [-0.25, -0.2) is 0 Å². The van der Waals surface area contributed by atoms with Gasteiger partial charge in [0.2, 0.25) is 5.91 Å². The van der Waals surface area contributed by atoms with Crippen molar-refractivity contribution in [2.75, 3.05) is 0 Å². The second-order valence-electron chi connectivity index (χ2n) is 6.04. The van der Waals surface area contributed by atoms with Crippen molar-refractivity contribution in [3.63, 3.8) is 0 Å². The van der Waals surface area contributed by atoms with Gasteiger partial charge in [0.1, 0.15) is 0 Å². The molecule has 1 heterocycles. The van der Waals surface area contributed by atoms with E-state index >= 15 is 0 Å². The molecule has 0 unspecified atom stereocenters. The summed E-state index contributed by atoms with van der Waals surface area (Å²) in [6.45, 7) is 2.67. The lowest BCUT2D eigenvalue weighted by Gasteiger charge is -2.20. The minimum absolute atomic E-state index is 0.0531. The number of aryl methyl sites for hydroxylation is 3. The van der Waals surface area contributed by atoms with Crippen LogP contribution in [-0.2, 0) is 24.2 Å². The topological polar surface area (TPSA) is 46.9 Å². The number of hydrogen-bond acceptors (Lipinski definition) is 2. The smallest absolute Gasteiger partial charge is 0.222 e. The predicted octanol–water partition coefficient (Wildman–Crippen LogP) is 3.03. The Bertz CT molecular complexity index is 634. The maximum atomic E-state index is 12.1. The van der Waals surface area contributed by atoms with Gasteiger partial charge in [0.05, 0.1) is 6.04 Å². The normalized spacial score (nSPS) is 15.1. The molecule has 22 heavy (non-hydrogen) atoms. The van der Waals surface area contributed by atoms with Crippen LogP contribution < -0.4 is 5.32 Å². The molecule has 3 rings (SSSR count). The fraction of sp³-hybridized carbons (Fsp3) is 0.444. The van der Waals surface area contributed by atoms with Crippen molar-refractivity contribution in [1.82, 2.24) is 15.1 Å². The standard InChI is InChI=1S/C18H23N3O/c1-14(20-18(22)9-12-21-11-4-10-19-21)16-8-7-15-5-2-3-6-17(15)13-16/h4,7-8,10-11,13-14H,2-3,5-6,9,12H2,1H3,(H,20,22)/t14-/m1/s1. The molecule has 1 aromatic carbocycles. The van der Waals surface area contributed by atoms with Crippen LogP contribution >= 0.6 is 0 Å². The number of aromatic nitrogens is 2. The average Bonchev–Trinajstić information content (AvgIpc) is 3.06. The molecule has 0 saturated heterocycles. The number of carbonyl (C=O) groups excluding carboxylic acids is 1. The highest BCUT2D eigenvalue weighted by molar-refractivity contribution is 5.76. The molecule has 1 aliphatic rings.